The number of carbonyl (C=O) groups is 3. The summed E-state index contributed by atoms with van der Waals surface area (Å²) < 4.78 is 0. The molecule has 1 aliphatic heterocycles. The quantitative estimate of drug-likeness (QED) is 0.586. The number of amides is 3. The number of nitrogens with one attached hydrogen (secondary N) is 3. The molecule has 0 aromatic heterocycles. The molecule has 0 aromatic rings. The van der Waals surface area contributed by atoms with Crippen LogP contribution < -0.4 is 16.0 Å². The van der Waals surface area contributed by atoms with E-state index in [-0.39, 0.29) is 30.2 Å². The summed E-state index contributed by atoms with van der Waals surface area (Å²) in [6.45, 7) is 2.95. The highest BCUT2D eigenvalue weighted by Gasteiger charge is 2.24. The van der Waals surface area contributed by atoms with Gasteiger partial charge in [0.1, 0.15) is 0 Å². The normalized spacial score (nSPS) is 19.4. The molecule has 1 aliphatic rings. The summed E-state index contributed by atoms with van der Waals surface area (Å²) in [7, 11) is 0. The van der Waals surface area contributed by atoms with E-state index in [2.05, 4.69) is 16.0 Å². The molecule has 1 rings (SSSR count). The third-order valence-corrected chi connectivity index (χ3v) is 2.63. The van der Waals surface area contributed by atoms with Gasteiger partial charge in [0.15, 0.2) is 0 Å². The average Bonchev–Trinajstić information content (AvgIpc) is 2.34. The Hall–Kier alpha value is -1.59. The Morgan fingerprint density at radius 2 is 2.18 bits per heavy atom. The number of piperidine rings is 1. The van der Waals surface area contributed by atoms with Gasteiger partial charge in [-0.05, 0) is 12.8 Å². The summed E-state index contributed by atoms with van der Waals surface area (Å²) in [5.74, 6) is -0.585. The molecule has 0 saturated carbocycles. The fourth-order valence-corrected chi connectivity index (χ4v) is 1.60. The van der Waals surface area contributed by atoms with Crippen molar-refractivity contribution in [3.05, 3.63) is 0 Å². The van der Waals surface area contributed by atoms with Crippen molar-refractivity contribution in [3.8, 4) is 0 Å². The third kappa shape index (κ3) is 4.84. The lowest BCUT2D eigenvalue weighted by Crippen LogP contribution is -2.45. The molecule has 0 aliphatic carbocycles. The van der Waals surface area contributed by atoms with Crippen LogP contribution in [-0.4, -0.2) is 37.4 Å². The van der Waals surface area contributed by atoms with Crippen LogP contribution in [0.4, 0.5) is 0 Å². The zero-order valence-corrected chi connectivity index (χ0v) is 10.0. The molecule has 1 atom stereocenters. The lowest BCUT2D eigenvalue weighted by molar-refractivity contribution is -0.131. The van der Waals surface area contributed by atoms with Crippen LogP contribution in [0.25, 0.3) is 0 Å². The molecule has 1 saturated heterocycles. The molecule has 6 heteroatoms. The minimum Gasteiger partial charge on any atom is -0.355 e. The Morgan fingerprint density at radius 3 is 2.76 bits per heavy atom. The van der Waals surface area contributed by atoms with Crippen molar-refractivity contribution in [3.63, 3.8) is 0 Å². The van der Waals surface area contributed by atoms with Crippen LogP contribution in [0.15, 0.2) is 0 Å². The van der Waals surface area contributed by atoms with Gasteiger partial charge in [-0.25, -0.2) is 0 Å². The van der Waals surface area contributed by atoms with E-state index in [1.807, 2.05) is 6.92 Å². The monoisotopic (exact) mass is 241 g/mol. The first-order chi connectivity index (χ1) is 8.13. The van der Waals surface area contributed by atoms with E-state index in [9.17, 15) is 14.4 Å². The maximum Gasteiger partial charge on any atom is 0.239 e. The predicted molar refractivity (Wildman–Crippen MR) is 62.0 cm³/mol. The summed E-state index contributed by atoms with van der Waals surface area (Å²) in [6, 6.07) is 0. The Bertz CT molecular complexity index is 294. The molecule has 0 bridgehead atoms. The number of hydrogen-bond donors (Lipinski definition) is 3. The molecule has 6 nitrogen and oxygen atoms in total. The summed E-state index contributed by atoms with van der Waals surface area (Å²) in [6.07, 6.45) is 1.79. The standard InChI is InChI=1S/C11H19N3O3/c1-2-5-12-10(16)7-14-11(17)8-3-4-9(15)13-6-8/h8H,2-7H2,1H3,(H,12,16)(H,13,15)(H,14,17). The van der Waals surface area contributed by atoms with Crippen LogP contribution in [0.2, 0.25) is 0 Å². The van der Waals surface area contributed by atoms with Crippen molar-refractivity contribution in [2.45, 2.75) is 26.2 Å². The van der Waals surface area contributed by atoms with Gasteiger partial charge >= 0.3 is 0 Å². The molecule has 0 spiro atoms. The highest BCUT2D eigenvalue weighted by Crippen LogP contribution is 2.10. The van der Waals surface area contributed by atoms with Gasteiger partial charge in [-0.3, -0.25) is 14.4 Å². The summed E-state index contributed by atoms with van der Waals surface area (Å²) in [4.78, 5) is 33.8. The molecule has 1 heterocycles. The highest BCUT2D eigenvalue weighted by atomic mass is 16.2. The van der Waals surface area contributed by atoms with Gasteiger partial charge in [0.25, 0.3) is 0 Å². The summed E-state index contributed by atoms with van der Waals surface area (Å²) >= 11 is 0. The molecule has 96 valence electrons. The largest absolute Gasteiger partial charge is 0.355 e. The van der Waals surface area contributed by atoms with Crippen LogP contribution in [0.3, 0.4) is 0 Å². The highest BCUT2D eigenvalue weighted by molar-refractivity contribution is 5.87. The fourth-order valence-electron chi connectivity index (χ4n) is 1.60. The molecule has 1 unspecified atom stereocenters. The van der Waals surface area contributed by atoms with Gasteiger partial charge in [0.2, 0.25) is 17.7 Å². The van der Waals surface area contributed by atoms with Gasteiger partial charge in [0, 0.05) is 19.5 Å². The molecule has 0 aromatic carbocycles. The Kier molecular flexibility index (Phi) is 5.45. The van der Waals surface area contributed by atoms with Crippen LogP contribution in [-0.2, 0) is 14.4 Å². The summed E-state index contributed by atoms with van der Waals surface area (Å²) in [5, 5.41) is 7.88. The second-order valence-electron chi connectivity index (χ2n) is 4.11. The van der Waals surface area contributed by atoms with Crippen molar-refractivity contribution in [2.24, 2.45) is 5.92 Å². The van der Waals surface area contributed by atoms with Crippen molar-refractivity contribution in [1.82, 2.24) is 16.0 Å². The molecular formula is C11H19N3O3. The number of hydrogen-bond acceptors (Lipinski definition) is 3. The molecule has 17 heavy (non-hydrogen) atoms. The maximum absolute atomic E-state index is 11.6. The van der Waals surface area contributed by atoms with Crippen molar-refractivity contribution in [1.29, 1.82) is 0 Å². The smallest absolute Gasteiger partial charge is 0.239 e. The van der Waals surface area contributed by atoms with Crippen LogP contribution >= 0.6 is 0 Å². The number of carbonyl (C=O) groups excluding carboxylic acids is 3. The predicted octanol–water partition coefficient (Wildman–Crippen LogP) is -0.845. The second-order valence-corrected chi connectivity index (χ2v) is 4.11. The van der Waals surface area contributed by atoms with Crippen LogP contribution in [0.1, 0.15) is 26.2 Å². The fraction of sp³-hybridized carbons (Fsp3) is 0.727. The van der Waals surface area contributed by atoms with Gasteiger partial charge in [0.05, 0.1) is 12.5 Å². The van der Waals surface area contributed by atoms with Gasteiger partial charge < -0.3 is 16.0 Å². The Labute approximate surface area is 101 Å². The van der Waals surface area contributed by atoms with Crippen LogP contribution in [0.5, 0.6) is 0 Å². The Morgan fingerprint density at radius 1 is 1.41 bits per heavy atom. The van der Waals surface area contributed by atoms with E-state index in [1.165, 1.54) is 0 Å². The average molecular weight is 241 g/mol. The SMILES string of the molecule is CCCNC(=O)CNC(=O)C1CCC(=O)NC1. The molecule has 0 radical (unpaired) electrons. The van der Waals surface area contributed by atoms with E-state index < -0.39 is 0 Å². The molecule has 3 amide bonds. The van der Waals surface area contributed by atoms with E-state index in [0.717, 1.165) is 6.42 Å². The second kappa shape index (κ2) is 6.88. The van der Waals surface area contributed by atoms with Gasteiger partial charge in [-0.1, -0.05) is 6.92 Å². The minimum atomic E-state index is -0.216. The van der Waals surface area contributed by atoms with Crippen molar-refractivity contribution in [2.75, 3.05) is 19.6 Å². The Balaban J connectivity index is 2.20. The summed E-state index contributed by atoms with van der Waals surface area (Å²) in [5.41, 5.74) is 0. The lowest BCUT2D eigenvalue weighted by atomic mass is 9.98. The molecule has 1 fully saturated rings. The van der Waals surface area contributed by atoms with E-state index >= 15 is 0 Å². The first-order valence-electron chi connectivity index (χ1n) is 5.94. The maximum atomic E-state index is 11.6. The topological polar surface area (TPSA) is 87.3 Å². The van der Waals surface area contributed by atoms with E-state index in [0.29, 0.717) is 25.9 Å². The first kappa shape index (κ1) is 13.5. The lowest BCUT2D eigenvalue weighted by Gasteiger charge is -2.21. The first-order valence-corrected chi connectivity index (χ1v) is 5.94. The number of rotatable bonds is 5. The van der Waals surface area contributed by atoms with E-state index in [4.69, 9.17) is 0 Å². The zero-order chi connectivity index (χ0) is 12.7. The third-order valence-electron chi connectivity index (χ3n) is 2.63. The van der Waals surface area contributed by atoms with Crippen molar-refractivity contribution >= 4 is 17.7 Å². The van der Waals surface area contributed by atoms with Crippen molar-refractivity contribution < 1.29 is 14.4 Å². The van der Waals surface area contributed by atoms with E-state index in [1.54, 1.807) is 0 Å². The van der Waals surface area contributed by atoms with Gasteiger partial charge in [-0.15, -0.1) is 0 Å². The molecule has 3 N–H and O–H groups in total. The molecular weight excluding hydrogens is 222 g/mol. The zero-order valence-electron chi connectivity index (χ0n) is 10.0. The van der Waals surface area contributed by atoms with Crippen LogP contribution in [0, 0.1) is 5.92 Å². The van der Waals surface area contributed by atoms with Gasteiger partial charge in [-0.2, -0.15) is 0 Å². The minimum absolute atomic E-state index is 0.00325.